The van der Waals surface area contributed by atoms with E-state index in [0.717, 1.165) is 30.6 Å². The summed E-state index contributed by atoms with van der Waals surface area (Å²) in [5.74, 6) is 3.24. The number of methoxy groups -OCH3 is 2. The molecule has 2 N–H and O–H groups in total. The summed E-state index contributed by atoms with van der Waals surface area (Å²) < 4.78 is 10.6. The Balaban J connectivity index is 2.50. The highest BCUT2D eigenvalue weighted by molar-refractivity contribution is 7.99. The maximum atomic E-state index is 5.39. The Bertz CT molecular complexity index is 497. The van der Waals surface area contributed by atoms with Crippen LogP contribution in [0.4, 0.5) is 0 Å². The molecule has 0 aliphatic heterocycles. The van der Waals surface area contributed by atoms with Crippen LogP contribution in [0.25, 0.3) is 0 Å². The zero-order valence-electron chi connectivity index (χ0n) is 15.5. The molecule has 0 spiro atoms. The molecule has 5 nitrogen and oxygen atoms in total. The van der Waals surface area contributed by atoms with E-state index in [2.05, 4.69) is 42.5 Å². The molecule has 136 valence electrons. The van der Waals surface area contributed by atoms with Gasteiger partial charge in [0, 0.05) is 36.9 Å². The van der Waals surface area contributed by atoms with Crippen molar-refractivity contribution in [2.75, 3.05) is 39.7 Å². The monoisotopic (exact) mass is 353 g/mol. The summed E-state index contributed by atoms with van der Waals surface area (Å²) in [5, 5.41) is 6.63. The molecule has 0 bridgehead atoms. The predicted octanol–water partition coefficient (Wildman–Crippen LogP) is 3.01. The van der Waals surface area contributed by atoms with Crippen molar-refractivity contribution >= 4 is 17.7 Å². The van der Waals surface area contributed by atoms with E-state index in [1.165, 1.54) is 4.90 Å². The number of hydrogen-bond acceptors (Lipinski definition) is 4. The van der Waals surface area contributed by atoms with Crippen LogP contribution in [0, 0.1) is 5.92 Å². The number of rotatable bonds is 10. The molecular formula is C18H31N3O2S. The smallest absolute Gasteiger partial charge is 0.191 e. The normalized spacial score (nSPS) is 14.1. The van der Waals surface area contributed by atoms with E-state index in [1.807, 2.05) is 30.0 Å². The summed E-state index contributed by atoms with van der Waals surface area (Å²) in [6, 6.07) is 8.35. The van der Waals surface area contributed by atoms with Gasteiger partial charge < -0.3 is 20.1 Å². The molecule has 1 aromatic carbocycles. The summed E-state index contributed by atoms with van der Waals surface area (Å²) in [5.41, 5.74) is 0. The molecule has 6 heteroatoms. The quantitative estimate of drug-likeness (QED) is 0.385. The third-order valence-electron chi connectivity index (χ3n) is 3.30. The van der Waals surface area contributed by atoms with Gasteiger partial charge in [0.15, 0.2) is 5.96 Å². The maximum Gasteiger partial charge on any atom is 0.191 e. The van der Waals surface area contributed by atoms with Crippen molar-refractivity contribution in [3.05, 3.63) is 24.3 Å². The number of thioether (sulfide) groups is 1. The van der Waals surface area contributed by atoms with Crippen LogP contribution in [0.1, 0.15) is 20.8 Å². The summed E-state index contributed by atoms with van der Waals surface area (Å²) in [4.78, 5) is 5.86. The first-order valence-electron chi connectivity index (χ1n) is 8.40. The lowest BCUT2D eigenvalue weighted by Gasteiger charge is -2.18. The van der Waals surface area contributed by atoms with Gasteiger partial charge in [0.05, 0.1) is 13.7 Å². The minimum absolute atomic E-state index is 0.228. The fourth-order valence-corrected chi connectivity index (χ4v) is 3.15. The zero-order chi connectivity index (χ0) is 17.8. The molecule has 0 heterocycles. The van der Waals surface area contributed by atoms with E-state index < -0.39 is 0 Å². The molecule has 2 atom stereocenters. The van der Waals surface area contributed by atoms with Gasteiger partial charge in [-0.2, -0.15) is 0 Å². The SMILES string of the molecule is CCNC(=NCC(C)CSc1ccccc1OC)NC(C)COC. The average molecular weight is 354 g/mol. The van der Waals surface area contributed by atoms with Crippen LogP contribution in [-0.4, -0.2) is 51.7 Å². The van der Waals surface area contributed by atoms with Gasteiger partial charge in [-0.05, 0) is 31.9 Å². The Morgan fingerprint density at radius 1 is 1.25 bits per heavy atom. The van der Waals surface area contributed by atoms with Gasteiger partial charge in [-0.15, -0.1) is 11.8 Å². The number of para-hydroxylation sites is 1. The van der Waals surface area contributed by atoms with Gasteiger partial charge >= 0.3 is 0 Å². The second-order valence-corrected chi connectivity index (χ2v) is 6.85. The van der Waals surface area contributed by atoms with Crippen LogP contribution in [0.5, 0.6) is 5.75 Å². The Morgan fingerprint density at radius 2 is 2.00 bits per heavy atom. The number of nitrogens with zero attached hydrogens (tertiary/aromatic N) is 1. The zero-order valence-corrected chi connectivity index (χ0v) is 16.3. The fourth-order valence-electron chi connectivity index (χ4n) is 2.11. The molecule has 1 rings (SSSR count). The van der Waals surface area contributed by atoms with Gasteiger partial charge in [-0.25, -0.2) is 0 Å². The number of guanidine groups is 1. The topological polar surface area (TPSA) is 54.9 Å². The minimum atomic E-state index is 0.228. The number of nitrogens with one attached hydrogen (secondary N) is 2. The van der Waals surface area contributed by atoms with Crippen molar-refractivity contribution in [2.24, 2.45) is 10.9 Å². The number of hydrogen-bond donors (Lipinski definition) is 2. The van der Waals surface area contributed by atoms with E-state index in [1.54, 1.807) is 14.2 Å². The second-order valence-electron chi connectivity index (χ2n) is 5.79. The Labute approximate surface area is 150 Å². The summed E-state index contributed by atoms with van der Waals surface area (Å²) in [6.45, 7) is 8.64. The standard InChI is InChI=1S/C18H31N3O2S/c1-6-19-18(21-15(3)12-22-4)20-11-14(2)13-24-17-10-8-7-9-16(17)23-5/h7-10,14-15H,6,11-13H2,1-5H3,(H2,19,20,21). The Kier molecular flexibility index (Phi) is 10.4. The number of aliphatic imine (C=N–C) groups is 1. The van der Waals surface area contributed by atoms with E-state index in [9.17, 15) is 0 Å². The molecule has 0 saturated carbocycles. The molecule has 0 amide bonds. The van der Waals surface area contributed by atoms with Crippen LogP contribution in [0.3, 0.4) is 0 Å². The molecule has 0 aromatic heterocycles. The van der Waals surface area contributed by atoms with E-state index in [4.69, 9.17) is 9.47 Å². The first kappa shape index (κ1) is 20.6. The van der Waals surface area contributed by atoms with Crippen molar-refractivity contribution in [3.8, 4) is 5.75 Å². The van der Waals surface area contributed by atoms with Crippen molar-refractivity contribution in [3.63, 3.8) is 0 Å². The van der Waals surface area contributed by atoms with Crippen molar-refractivity contribution in [1.82, 2.24) is 10.6 Å². The fraction of sp³-hybridized carbons (Fsp3) is 0.611. The third kappa shape index (κ3) is 7.93. The first-order chi connectivity index (χ1) is 11.6. The molecule has 0 saturated heterocycles. The Morgan fingerprint density at radius 3 is 2.67 bits per heavy atom. The molecule has 24 heavy (non-hydrogen) atoms. The van der Waals surface area contributed by atoms with Crippen LogP contribution in [0.15, 0.2) is 34.2 Å². The van der Waals surface area contributed by atoms with E-state index >= 15 is 0 Å². The lowest BCUT2D eigenvalue weighted by Crippen LogP contribution is -2.44. The first-order valence-corrected chi connectivity index (χ1v) is 9.38. The molecule has 2 unspecified atom stereocenters. The van der Waals surface area contributed by atoms with E-state index in [0.29, 0.717) is 12.5 Å². The minimum Gasteiger partial charge on any atom is -0.496 e. The van der Waals surface area contributed by atoms with Crippen LogP contribution in [-0.2, 0) is 4.74 Å². The van der Waals surface area contributed by atoms with Crippen LogP contribution < -0.4 is 15.4 Å². The van der Waals surface area contributed by atoms with Gasteiger partial charge in [-0.1, -0.05) is 19.1 Å². The van der Waals surface area contributed by atoms with Crippen LogP contribution in [0.2, 0.25) is 0 Å². The molecule has 1 aromatic rings. The largest absolute Gasteiger partial charge is 0.496 e. The van der Waals surface area contributed by atoms with Gasteiger partial charge in [0.25, 0.3) is 0 Å². The number of benzene rings is 1. The van der Waals surface area contributed by atoms with Gasteiger partial charge in [0.2, 0.25) is 0 Å². The molecule has 0 fully saturated rings. The lowest BCUT2D eigenvalue weighted by molar-refractivity contribution is 0.179. The predicted molar refractivity (Wildman–Crippen MR) is 103 cm³/mol. The van der Waals surface area contributed by atoms with Crippen molar-refractivity contribution < 1.29 is 9.47 Å². The second kappa shape index (κ2) is 12.0. The highest BCUT2D eigenvalue weighted by atomic mass is 32.2. The molecule has 0 radical (unpaired) electrons. The molecular weight excluding hydrogens is 322 g/mol. The highest BCUT2D eigenvalue weighted by Crippen LogP contribution is 2.29. The third-order valence-corrected chi connectivity index (χ3v) is 4.68. The Hall–Kier alpha value is -1.40. The van der Waals surface area contributed by atoms with Crippen molar-refractivity contribution in [1.29, 1.82) is 0 Å². The van der Waals surface area contributed by atoms with Crippen molar-refractivity contribution in [2.45, 2.75) is 31.7 Å². The average Bonchev–Trinajstić information content (AvgIpc) is 2.58. The summed E-state index contributed by atoms with van der Waals surface area (Å²) >= 11 is 1.81. The van der Waals surface area contributed by atoms with Crippen LogP contribution >= 0.6 is 11.8 Å². The summed E-state index contributed by atoms with van der Waals surface area (Å²) in [6.07, 6.45) is 0. The number of ether oxygens (including phenoxy) is 2. The lowest BCUT2D eigenvalue weighted by atomic mass is 10.2. The maximum absolute atomic E-state index is 5.39. The van der Waals surface area contributed by atoms with E-state index in [-0.39, 0.29) is 6.04 Å². The highest BCUT2D eigenvalue weighted by Gasteiger charge is 2.08. The van der Waals surface area contributed by atoms with Gasteiger partial charge in [0.1, 0.15) is 5.75 Å². The van der Waals surface area contributed by atoms with Gasteiger partial charge in [-0.3, -0.25) is 4.99 Å². The summed E-state index contributed by atoms with van der Waals surface area (Å²) in [7, 11) is 3.42. The molecule has 0 aliphatic rings. The molecule has 0 aliphatic carbocycles.